The molecule has 0 radical (unpaired) electrons. The van der Waals surface area contributed by atoms with Gasteiger partial charge in [-0.3, -0.25) is 14.4 Å². The highest BCUT2D eigenvalue weighted by molar-refractivity contribution is 5.72. The van der Waals surface area contributed by atoms with Crippen molar-refractivity contribution in [3.05, 3.63) is 109 Å². The smallest absolute Gasteiger partial charge is 0.310 e. The number of unbranched alkanes of at least 4 members (excludes halogenated alkanes) is 13. The first kappa shape index (κ1) is 56.1. The SMILES string of the molecule is CC/C=C\C/C=C\C/C=C\C/C=C\C/C=C\CC(=O)OC(COC(=O)CCCCCCCC/C=C\C/C=C\C/C=C\C/C=C\CC)COC(=O)CCCCCCCCCC. The van der Waals surface area contributed by atoms with E-state index in [2.05, 4.69) is 118 Å². The normalized spacial score (nSPS) is 13.1. The first-order chi connectivity index (χ1) is 29.5. The zero-order valence-electron chi connectivity index (χ0n) is 38.4. The van der Waals surface area contributed by atoms with Crippen LogP contribution in [0.15, 0.2) is 109 Å². The van der Waals surface area contributed by atoms with Crippen molar-refractivity contribution in [2.45, 2.75) is 200 Å². The molecule has 0 aliphatic rings. The number of rotatable bonds is 41. The van der Waals surface area contributed by atoms with Crippen molar-refractivity contribution in [1.82, 2.24) is 0 Å². The topological polar surface area (TPSA) is 78.9 Å². The van der Waals surface area contributed by atoms with E-state index in [0.29, 0.717) is 19.3 Å². The number of carbonyl (C=O) groups is 3. The molecule has 6 nitrogen and oxygen atoms in total. The van der Waals surface area contributed by atoms with Crippen molar-refractivity contribution in [3.8, 4) is 0 Å². The lowest BCUT2D eigenvalue weighted by Crippen LogP contribution is -2.30. The third-order valence-electron chi connectivity index (χ3n) is 9.56. The zero-order chi connectivity index (χ0) is 43.7. The lowest BCUT2D eigenvalue weighted by molar-refractivity contribution is -0.166. The summed E-state index contributed by atoms with van der Waals surface area (Å²) in [5.41, 5.74) is 0. The van der Waals surface area contributed by atoms with Crippen molar-refractivity contribution in [1.29, 1.82) is 0 Å². The summed E-state index contributed by atoms with van der Waals surface area (Å²) in [6, 6.07) is 0. The van der Waals surface area contributed by atoms with Crippen molar-refractivity contribution in [2.24, 2.45) is 0 Å². The van der Waals surface area contributed by atoms with Gasteiger partial charge in [-0.2, -0.15) is 0 Å². The average molecular weight is 831 g/mol. The molecule has 0 heterocycles. The number of ether oxygens (including phenoxy) is 3. The summed E-state index contributed by atoms with van der Waals surface area (Å²) in [5, 5.41) is 0. The first-order valence-electron chi connectivity index (χ1n) is 23.9. The van der Waals surface area contributed by atoms with Gasteiger partial charge in [0.25, 0.3) is 0 Å². The lowest BCUT2D eigenvalue weighted by Gasteiger charge is -2.18. The van der Waals surface area contributed by atoms with Gasteiger partial charge in [-0.05, 0) is 83.5 Å². The van der Waals surface area contributed by atoms with Crippen molar-refractivity contribution < 1.29 is 28.6 Å². The molecular weight excluding hydrogens is 745 g/mol. The Labute approximate surface area is 368 Å². The van der Waals surface area contributed by atoms with Gasteiger partial charge in [0.05, 0.1) is 6.42 Å². The number of allylic oxidation sites excluding steroid dienone is 17. The van der Waals surface area contributed by atoms with E-state index in [1.807, 2.05) is 6.08 Å². The quantitative estimate of drug-likeness (QED) is 0.0264. The monoisotopic (exact) mass is 831 g/mol. The molecule has 0 aromatic heterocycles. The number of hydrogen-bond acceptors (Lipinski definition) is 6. The predicted molar refractivity (Wildman–Crippen MR) is 256 cm³/mol. The van der Waals surface area contributed by atoms with Crippen LogP contribution in [-0.2, 0) is 28.6 Å². The van der Waals surface area contributed by atoms with Gasteiger partial charge < -0.3 is 14.2 Å². The largest absolute Gasteiger partial charge is 0.462 e. The van der Waals surface area contributed by atoms with E-state index in [-0.39, 0.29) is 31.6 Å². The molecule has 0 saturated carbocycles. The van der Waals surface area contributed by atoms with E-state index in [1.54, 1.807) is 6.08 Å². The van der Waals surface area contributed by atoms with Crippen LogP contribution in [0.1, 0.15) is 194 Å². The maximum Gasteiger partial charge on any atom is 0.310 e. The fraction of sp³-hybridized carbons (Fsp3) is 0.611. The number of hydrogen-bond donors (Lipinski definition) is 0. The Morgan fingerprint density at radius 3 is 1.10 bits per heavy atom. The second kappa shape index (κ2) is 47.7. The van der Waals surface area contributed by atoms with Crippen LogP contribution in [0.25, 0.3) is 0 Å². The zero-order valence-corrected chi connectivity index (χ0v) is 38.4. The number of esters is 3. The van der Waals surface area contributed by atoms with Crippen LogP contribution in [0, 0.1) is 0 Å². The maximum atomic E-state index is 12.7. The van der Waals surface area contributed by atoms with Crippen LogP contribution in [0.4, 0.5) is 0 Å². The van der Waals surface area contributed by atoms with Gasteiger partial charge in [0.2, 0.25) is 0 Å². The van der Waals surface area contributed by atoms with Gasteiger partial charge in [-0.1, -0.05) is 201 Å². The summed E-state index contributed by atoms with van der Waals surface area (Å²) in [6.45, 7) is 6.26. The molecule has 0 N–H and O–H groups in total. The summed E-state index contributed by atoms with van der Waals surface area (Å²) < 4.78 is 16.6. The van der Waals surface area contributed by atoms with Gasteiger partial charge >= 0.3 is 17.9 Å². The van der Waals surface area contributed by atoms with Crippen LogP contribution >= 0.6 is 0 Å². The van der Waals surface area contributed by atoms with Crippen LogP contribution in [0.2, 0.25) is 0 Å². The Morgan fingerprint density at radius 1 is 0.367 bits per heavy atom. The summed E-state index contributed by atoms with van der Waals surface area (Å²) in [7, 11) is 0. The van der Waals surface area contributed by atoms with Gasteiger partial charge in [0, 0.05) is 12.8 Å². The molecule has 0 saturated heterocycles. The molecule has 0 bridgehead atoms. The minimum atomic E-state index is -0.836. The summed E-state index contributed by atoms with van der Waals surface area (Å²) in [6.07, 6.45) is 63.9. The van der Waals surface area contributed by atoms with Crippen molar-refractivity contribution in [3.63, 3.8) is 0 Å². The van der Waals surface area contributed by atoms with E-state index < -0.39 is 12.1 Å². The maximum absolute atomic E-state index is 12.7. The number of carbonyl (C=O) groups excluding carboxylic acids is 3. The van der Waals surface area contributed by atoms with E-state index in [1.165, 1.54) is 44.9 Å². The van der Waals surface area contributed by atoms with E-state index in [4.69, 9.17) is 14.2 Å². The molecule has 60 heavy (non-hydrogen) atoms. The molecule has 0 fully saturated rings. The summed E-state index contributed by atoms with van der Waals surface area (Å²) in [4.78, 5) is 37.7. The van der Waals surface area contributed by atoms with Crippen LogP contribution in [-0.4, -0.2) is 37.2 Å². The molecule has 0 aromatic rings. The van der Waals surface area contributed by atoms with Crippen LogP contribution in [0.5, 0.6) is 0 Å². The predicted octanol–water partition coefficient (Wildman–Crippen LogP) is 15.6. The second-order valence-electron chi connectivity index (χ2n) is 15.3. The third-order valence-corrected chi connectivity index (χ3v) is 9.56. The molecule has 0 spiro atoms. The molecule has 6 heteroatoms. The highest BCUT2D eigenvalue weighted by atomic mass is 16.6. The highest BCUT2D eigenvalue weighted by Gasteiger charge is 2.19. The molecule has 0 aliphatic carbocycles. The fourth-order valence-corrected chi connectivity index (χ4v) is 6.04. The highest BCUT2D eigenvalue weighted by Crippen LogP contribution is 2.12. The molecule has 0 aliphatic heterocycles. The van der Waals surface area contributed by atoms with Crippen molar-refractivity contribution in [2.75, 3.05) is 13.2 Å². The molecule has 0 amide bonds. The Balaban J connectivity index is 4.47. The molecule has 338 valence electrons. The van der Waals surface area contributed by atoms with Gasteiger partial charge in [0.1, 0.15) is 13.2 Å². The standard InChI is InChI=1S/C54H86O6/c1-4-7-10-13-16-19-21-23-25-26-27-28-30-31-33-35-38-41-44-47-53(56)59-50-51(49-58-52(55)46-43-40-37-18-15-12-9-6-3)60-54(57)48-45-42-39-36-34-32-29-24-22-20-17-14-11-8-5-2/h7-8,10-11,16-17,19-20,23-25,27-29,34,36,42,45,51H,4-6,9,12-15,18,21-22,26,30-33,35,37-41,43-44,46-50H2,1-3H3/b10-7-,11-8-,19-16-,20-17-,25-23-,28-27-,29-24-,36-34-,45-42-. The van der Waals surface area contributed by atoms with E-state index in [9.17, 15) is 14.4 Å². The van der Waals surface area contributed by atoms with Crippen molar-refractivity contribution >= 4 is 17.9 Å². The van der Waals surface area contributed by atoms with Crippen LogP contribution < -0.4 is 0 Å². The molecule has 0 aromatic carbocycles. The second-order valence-corrected chi connectivity index (χ2v) is 15.3. The average Bonchev–Trinajstić information content (AvgIpc) is 3.24. The molecule has 1 unspecified atom stereocenters. The summed E-state index contributed by atoms with van der Waals surface area (Å²) >= 11 is 0. The summed E-state index contributed by atoms with van der Waals surface area (Å²) in [5.74, 6) is -1.08. The van der Waals surface area contributed by atoms with Gasteiger partial charge in [-0.15, -0.1) is 0 Å². The molecule has 0 rings (SSSR count). The lowest BCUT2D eigenvalue weighted by atomic mass is 10.1. The minimum absolute atomic E-state index is 0.0909. The van der Waals surface area contributed by atoms with Gasteiger partial charge in [-0.25, -0.2) is 0 Å². The van der Waals surface area contributed by atoms with Gasteiger partial charge in [0.15, 0.2) is 6.10 Å². The Bertz CT molecular complexity index is 1280. The Morgan fingerprint density at radius 2 is 0.700 bits per heavy atom. The molecular formula is C54H86O6. The van der Waals surface area contributed by atoms with Crippen LogP contribution in [0.3, 0.4) is 0 Å². The Kier molecular flexibility index (Phi) is 44.6. The third kappa shape index (κ3) is 45.2. The minimum Gasteiger partial charge on any atom is -0.462 e. The van der Waals surface area contributed by atoms with E-state index >= 15 is 0 Å². The Hall–Kier alpha value is -3.93. The fourth-order valence-electron chi connectivity index (χ4n) is 6.04. The first-order valence-corrected chi connectivity index (χ1v) is 23.9. The molecule has 1 atom stereocenters. The van der Waals surface area contributed by atoms with E-state index in [0.717, 1.165) is 103 Å².